The molecule has 0 aliphatic rings. The molecular weight excluding hydrogens is 391 g/mol. The van der Waals surface area contributed by atoms with Gasteiger partial charge in [0, 0.05) is 5.02 Å². The lowest BCUT2D eigenvalue weighted by Gasteiger charge is -2.13. The number of aromatic amines is 1. The molecule has 0 fully saturated rings. The molecule has 0 bridgehead atoms. The van der Waals surface area contributed by atoms with Gasteiger partial charge in [-0.25, -0.2) is 4.98 Å². The normalized spacial score (nSPS) is 11.5. The van der Waals surface area contributed by atoms with Gasteiger partial charge in [-0.1, -0.05) is 23.2 Å². The van der Waals surface area contributed by atoms with Crippen molar-refractivity contribution in [1.82, 2.24) is 9.97 Å². The van der Waals surface area contributed by atoms with E-state index in [1.165, 1.54) is 21.3 Å². The SMILES string of the molecule is COc1cc(/C=C(\Cl)c2nc3ccc(Cl)cc3c(=O)[nH]2)cc(OC)c1OC. The first-order chi connectivity index (χ1) is 13.0. The minimum Gasteiger partial charge on any atom is -0.493 e. The number of H-pyrrole nitrogens is 1. The molecule has 2 aromatic carbocycles. The number of ether oxygens (including phenoxy) is 3. The number of hydrogen-bond acceptors (Lipinski definition) is 5. The zero-order valence-electron chi connectivity index (χ0n) is 14.8. The monoisotopic (exact) mass is 406 g/mol. The zero-order chi connectivity index (χ0) is 19.6. The Morgan fingerprint density at radius 2 is 1.74 bits per heavy atom. The summed E-state index contributed by atoms with van der Waals surface area (Å²) in [5.74, 6) is 1.69. The average molecular weight is 407 g/mol. The van der Waals surface area contributed by atoms with Gasteiger partial charge in [-0.05, 0) is 42.0 Å². The van der Waals surface area contributed by atoms with Crippen molar-refractivity contribution >= 4 is 45.2 Å². The lowest BCUT2D eigenvalue weighted by atomic mass is 10.1. The molecule has 1 N–H and O–H groups in total. The number of halogens is 2. The van der Waals surface area contributed by atoms with Crippen molar-refractivity contribution in [1.29, 1.82) is 0 Å². The van der Waals surface area contributed by atoms with Crippen LogP contribution in [0.1, 0.15) is 11.4 Å². The van der Waals surface area contributed by atoms with Crippen molar-refractivity contribution in [3.8, 4) is 17.2 Å². The van der Waals surface area contributed by atoms with E-state index in [0.717, 1.165) is 0 Å². The molecule has 0 unspecified atom stereocenters. The largest absolute Gasteiger partial charge is 0.493 e. The number of methoxy groups -OCH3 is 3. The molecule has 0 aliphatic heterocycles. The summed E-state index contributed by atoms with van der Waals surface area (Å²) in [7, 11) is 4.58. The van der Waals surface area contributed by atoms with Gasteiger partial charge >= 0.3 is 0 Å². The summed E-state index contributed by atoms with van der Waals surface area (Å²) < 4.78 is 16.0. The number of hydrogen-bond donors (Lipinski definition) is 1. The van der Waals surface area contributed by atoms with Crippen LogP contribution in [-0.2, 0) is 0 Å². The number of aromatic nitrogens is 2. The predicted molar refractivity (Wildman–Crippen MR) is 107 cm³/mol. The minimum absolute atomic E-state index is 0.241. The molecule has 27 heavy (non-hydrogen) atoms. The molecule has 1 aromatic heterocycles. The molecule has 0 aliphatic carbocycles. The van der Waals surface area contributed by atoms with Gasteiger partial charge in [0.15, 0.2) is 17.3 Å². The fraction of sp³-hybridized carbons (Fsp3) is 0.158. The summed E-state index contributed by atoms with van der Waals surface area (Å²) in [6, 6.07) is 8.37. The van der Waals surface area contributed by atoms with Crippen LogP contribution in [0.2, 0.25) is 5.02 Å². The van der Waals surface area contributed by atoms with E-state index in [1.54, 1.807) is 36.4 Å². The van der Waals surface area contributed by atoms with Crippen LogP contribution in [0.25, 0.3) is 22.0 Å². The second kappa shape index (κ2) is 7.90. The molecule has 3 rings (SSSR count). The number of benzene rings is 2. The van der Waals surface area contributed by atoms with E-state index in [4.69, 9.17) is 37.4 Å². The maximum absolute atomic E-state index is 12.3. The summed E-state index contributed by atoms with van der Waals surface area (Å²) in [6.07, 6.45) is 1.64. The average Bonchev–Trinajstić information content (AvgIpc) is 2.67. The molecular formula is C19H16Cl2N2O4. The molecule has 0 atom stereocenters. The summed E-state index contributed by atoms with van der Waals surface area (Å²) in [6.45, 7) is 0. The van der Waals surface area contributed by atoms with Gasteiger partial charge in [-0.3, -0.25) is 4.79 Å². The summed E-state index contributed by atoms with van der Waals surface area (Å²) in [4.78, 5) is 19.4. The Bertz CT molecular complexity index is 1070. The highest BCUT2D eigenvalue weighted by atomic mass is 35.5. The van der Waals surface area contributed by atoms with E-state index in [-0.39, 0.29) is 16.4 Å². The first-order valence-electron chi connectivity index (χ1n) is 7.84. The zero-order valence-corrected chi connectivity index (χ0v) is 16.3. The second-order valence-electron chi connectivity index (χ2n) is 5.53. The van der Waals surface area contributed by atoms with E-state index in [9.17, 15) is 4.79 Å². The smallest absolute Gasteiger partial charge is 0.259 e. The Morgan fingerprint density at radius 1 is 1.07 bits per heavy atom. The van der Waals surface area contributed by atoms with Crippen LogP contribution in [0.15, 0.2) is 35.1 Å². The van der Waals surface area contributed by atoms with Crippen LogP contribution in [0.5, 0.6) is 17.2 Å². The van der Waals surface area contributed by atoms with Gasteiger partial charge in [0.05, 0.1) is 37.3 Å². The lowest BCUT2D eigenvalue weighted by molar-refractivity contribution is 0.324. The van der Waals surface area contributed by atoms with Gasteiger partial charge in [0.2, 0.25) is 5.75 Å². The van der Waals surface area contributed by atoms with Crippen LogP contribution < -0.4 is 19.8 Å². The number of nitrogens with one attached hydrogen (secondary N) is 1. The van der Waals surface area contributed by atoms with E-state index in [0.29, 0.717) is 38.7 Å². The molecule has 0 saturated carbocycles. The Balaban J connectivity index is 2.09. The van der Waals surface area contributed by atoms with Gasteiger partial charge in [0.25, 0.3) is 5.56 Å². The third-order valence-electron chi connectivity index (χ3n) is 3.87. The summed E-state index contributed by atoms with van der Waals surface area (Å²) in [5, 5.41) is 1.10. The molecule has 140 valence electrons. The van der Waals surface area contributed by atoms with Crippen LogP contribution in [0, 0.1) is 0 Å². The third kappa shape index (κ3) is 3.86. The third-order valence-corrected chi connectivity index (χ3v) is 4.40. The van der Waals surface area contributed by atoms with Crippen LogP contribution >= 0.6 is 23.2 Å². The fourth-order valence-electron chi connectivity index (χ4n) is 2.62. The standard InChI is InChI=1S/C19H16Cl2N2O4/c1-25-15-7-10(8-16(26-2)17(15)27-3)6-13(21)18-22-14-5-4-11(20)9-12(14)19(24)23-18/h4-9H,1-3H3,(H,22,23,24)/b13-6-. The lowest BCUT2D eigenvalue weighted by Crippen LogP contribution is -2.10. The second-order valence-corrected chi connectivity index (χ2v) is 6.37. The van der Waals surface area contributed by atoms with Crippen LogP contribution in [-0.4, -0.2) is 31.3 Å². The minimum atomic E-state index is -0.325. The summed E-state index contributed by atoms with van der Waals surface area (Å²) >= 11 is 12.3. The molecule has 3 aromatic rings. The number of nitrogens with zero attached hydrogens (tertiary/aromatic N) is 1. The predicted octanol–water partition coefficient (Wildman–Crippen LogP) is 4.34. The maximum Gasteiger partial charge on any atom is 0.259 e. The van der Waals surface area contributed by atoms with Gasteiger partial charge in [0.1, 0.15) is 0 Å². The van der Waals surface area contributed by atoms with Crippen molar-refractivity contribution < 1.29 is 14.2 Å². The van der Waals surface area contributed by atoms with Crippen molar-refractivity contribution in [3.05, 3.63) is 57.1 Å². The summed E-state index contributed by atoms with van der Waals surface area (Å²) in [5.41, 5.74) is 0.858. The molecule has 6 nitrogen and oxygen atoms in total. The highest BCUT2D eigenvalue weighted by Gasteiger charge is 2.13. The molecule has 0 spiro atoms. The van der Waals surface area contributed by atoms with Gasteiger partial charge < -0.3 is 19.2 Å². The van der Waals surface area contributed by atoms with Crippen molar-refractivity contribution in [3.63, 3.8) is 0 Å². The number of rotatable bonds is 5. The number of fused-ring (bicyclic) bond motifs is 1. The van der Waals surface area contributed by atoms with Crippen molar-refractivity contribution in [2.24, 2.45) is 0 Å². The molecule has 8 heteroatoms. The van der Waals surface area contributed by atoms with Gasteiger partial charge in [-0.15, -0.1) is 0 Å². The van der Waals surface area contributed by atoms with E-state index in [2.05, 4.69) is 9.97 Å². The van der Waals surface area contributed by atoms with E-state index >= 15 is 0 Å². The molecule has 0 radical (unpaired) electrons. The highest BCUT2D eigenvalue weighted by Crippen LogP contribution is 2.39. The van der Waals surface area contributed by atoms with Crippen LogP contribution in [0.3, 0.4) is 0 Å². The van der Waals surface area contributed by atoms with Crippen molar-refractivity contribution in [2.45, 2.75) is 0 Å². The Hall–Kier alpha value is -2.70. The first-order valence-corrected chi connectivity index (χ1v) is 8.59. The Kier molecular flexibility index (Phi) is 5.58. The topological polar surface area (TPSA) is 73.4 Å². The van der Waals surface area contributed by atoms with E-state index < -0.39 is 0 Å². The highest BCUT2D eigenvalue weighted by molar-refractivity contribution is 6.50. The molecule has 0 saturated heterocycles. The maximum atomic E-state index is 12.3. The Morgan fingerprint density at radius 3 is 2.33 bits per heavy atom. The van der Waals surface area contributed by atoms with E-state index in [1.807, 2.05) is 0 Å². The first kappa shape index (κ1) is 19.1. The van der Waals surface area contributed by atoms with Gasteiger partial charge in [-0.2, -0.15) is 0 Å². The Labute approximate surface area is 165 Å². The fourth-order valence-corrected chi connectivity index (χ4v) is 3.01. The molecule has 0 amide bonds. The quantitative estimate of drug-likeness (QED) is 0.681. The van der Waals surface area contributed by atoms with Crippen molar-refractivity contribution in [2.75, 3.05) is 21.3 Å². The molecule has 1 heterocycles. The van der Waals surface area contributed by atoms with Crippen LogP contribution in [0.4, 0.5) is 0 Å².